The van der Waals surface area contributed by atoms with E-state index in [0.29, 0.717) is 5.56 Å². The lowest BCUT2D eigenvalue weighted by Crippen LogP contribution is -2.40. The van der Waals surface area contributed by atoms with Crippen molar-refractivity contribution in [1.29, 1.82) is 0 Å². The zero-order valence-corrected chi connectivity index (χ0v) is 14.0. The van der Waals surface area contributed by atoms with Gasteiger partial charge in [-0.25, -0.2) is 8.42 Å². The fraction of sp³-hybridized carbons (Fsp3) is 0.533. The third-order valence-electron chi connectivity index (χ3n) is 3.91. The number of hydrogen-bond donors (Lipinski definition) is 3. The average Bonchev–Trinajstić information content (AvgIpc) is 3.07. The van der Waals surface area contributed by atoms with Crippen LogP contribution in [0.2, 0.25) is 0 Å². The number of benzene rings is 1. The highest BCUT2D eigenvalue weighted by Crippen LogP contribution is 2.19. The van der Waals surface area contributed by atoms with Crippen LogP contribution in [-0.4, -0.2) is 56.5 Å². The summed E-state index contributed by atoms with van der Waals surface area (Å²) in [5.74, 6) is -0.113. The number of carbonyl (C=O) groups excluding carboxylic acids is 1. The molecular weight excluding hydrogens is 318 g/mol. The molecule has 1 atom stereocenters. The monoisotopic (exact) mass is 341 g/mol. The molecule has 0 bridgehead atoms. The minimum atomic E-state index is -3.69. The third kappa shape index (κ3) is 4.29. The fourth-order valence-corrected chi connectivity index (χ4v) is 3.92. The second kappa shape index (κ2) is 7.87. The number of rotatable bonds is 7. The lowest BCUT2D eigenvalue weighted by atomic mass is 10.2. The first-order chi connectivity index (χ1) is 11.0. The smallest absolute Gasteiger partial charge is 0.243 e. The summed E-state index contributed by atoms with van der Waals surface area (Å²) in [6.07, 6.45) is 1.76. The van der Waals surface area contributed by atoms with Gasteiger partial charge >= 0.3 is 0 Å². The van der Waals surface area contributed by atoms with Gasteiger partial charge in [0.1, 0.15) is 0 Å². The van der Waals surface area contributed by atoms with Gasteiger partial charge in [-0.05, 0) is 31.0 Å². The SMILES string of the molecule is CN(CCO)S(=O)(=O)c1ccccc1CNC(=O)C1CCCN1. The predicted octanol–water partition coefficient (Wildman–Crippen LogP) is -0.332. The molecule has 0 radical (unpaired) electrons. The van der Waals surface area contributed by atoms with Crippen molar-refractivity contribution >= 4 is 15.9 Å². The van der Waals surface area contributed by atoms with Crippen molar-refractivity contribution in [2.24, 2.45) is 0 Å². The van der Waals surface area contributed by atoms with Crippen molar-refractivity contribution in [3.8, 4) is 0 Å². The molecular formula is C15H23N3O4S. The van der Waals surface area contributed by atoms with Crippen molar-refractivity contribution in [1.82, 2.24) is 14.9 Å². The second-order valence-electron chi connectivity index (χ2n) is 5.52. The molecule has 1 aromatic carbocycles. The molecule has 1 fully saturated rings. The van der Waals surface area contributed by atoms with Crippen molar-refractivity contribution in [2.45, 2.75) is 30.3 Å². The van der Waals surface area contributed by atoms with Gasteiger partial charge in [0.05, 0.1) is 17.5 Å². The molecule has 0 saturated carbocycles. The van der Waals surface area contributed by atoms with E-state index in [4.69, 9.17) is 5.11 Å². The van der Waals surface area contributed by atoms with Crippen LogP contribution in [0.15, 0.2) is 29.2 Å². The van der Waals surface area contributed by atoms with Gasteiger partial charge in [-0.3, -0.25) is 4.79 Å². The zero-order chi connectivity index (χ0) is 16.9. The molecule has 1 amide bonds. The fourth-order valence-electron chi connectivity index (χ4n) is 2.54. The Bertz CT molecular complexity index is 642. The van der Waals surface area contributed by atoms with Crippen LogP contribution in [0.4, 0.5) is 0 Å². The van der Waals surface area contributed by atoms with Crippen LogP contribution >= 0.6 is 0 Å². The van der Waals surface area contributed by atoms with Crippen LogP contribution < -0.4 is 10.6 Å². The quantitative estimate of drug-likeness (QED) is 0.631. The lowest BCUT2D eigenvalue weighted by Gasteiger charge is -2.19. The largest absolute Gasteiger partial charge is 0.395 e. The van der Waals surface area contributed by atoms with Gasteiger partial charge in [0.15, 0.2) is 0 Å². The van der Waals surface area contributed by atoms with E-state index in [-0.39, 0.29) is 36.5 Å². The number of aliphatic hydroxyl groups excluding tert-OH is 1. The van der Waals surface area contributed by atoms with E-state index in [1.165, 1.54) is 13.1 Å². The molecule has 7 nitrogen and oxygen atoms in total. The van der Waals surface area contributed by atoms with Gasteiger partial charge < -0.3 is 15.7 Å². The van der Waals surface area contributed by atoms with E-state index in [2.05, 4.69) is 10.6 Å². The van der Waals surface area contributed by atoms with E-state index in [9.17, 15) is 13.2 Å². The topological polar surface area (TPSA) is 98.7 Å². The first-order valence-corrected chi connectivity index (χ1v) is 9.07. The summed E-state index contributed by atoms with van der Waals surface area (Å²) < 4.78 is 26.2. The molecule has 1 aliphatic rings. The molecule has 0 spiro atoms. The van der Waals surface area contributed by atoms with E-state index < -0.39 is 10.0 Å². The first kappa shape index (κ1) is 17.9. The summed E-state index contributed by atoms with van der Waals surface area (Å²) in [5, 5.41) is 14.8. The number of hydrogen-bond acceptors (Lipinski definition) is 5. The van der Waals surface area contributed by atoms with E-state index in [1.54, 1.807) is 18.2 Å². The number of aliphatic hydroxyl groups is 1. The normalized spacial score (nSPS) is 18.3. The highest BCUT2D eigenvalue weighted by Gasteiger charge is 2.25. The van der Waals surface area contributed by atoms with Gasteiger partial charge in [0.2, 0.25) is 15.9 Å². The van der Waals surface area contributed by atoms with E-state index >= 15 is 0 Å². The van der Waals surface area contributed by atoms with Gasteiger partial charge in [-0.1, -0.05) is 18.2 Å². The molecule has 1 aliphatic heterocycles. The molecule has 128 valence electrons. The lowest BCUT2D eigenvalue weighted by molar-refractivity contribution is -0.122. The number of likely N-dealkylation sites (N-methyl/N-ethyl adjacent to an activating group) is 1. The van der Waals surface area contributed by atoms with Crippen LogP contribution in [0.5, 0.6) is 0 Å². The van der Waals surface area contributed by atoms with Gasteiger partial charge in [-0.2, -0.15) is 4.31 Å². The van der Waals surface area contributed by atoms with Gasteiger partial charge in [-0.15, -0.1) is 0 Å². The second-order valence-corrected chi connectivity index (χ2v) is 7.54. The molecule has 1 unspecified atom stereocenters. The minimum absolute atomic E-state index is 0.0228. The molecule has 3 N–H and O–H groups in total. The maximum absolute atomic E-state index is 12.5. The Labute approximate surface area is 136 Å². The standard InChI is InChI=1S/C15H23N3O4S/c1-18(9-10-19)23(21,22)14-7-3-2-5-12(14)11-17-15(20)13-6-4-8-16-13/h2-3,5,7,13,16,19H,4,6,8-11H2,1H3,(H,17,20). The Hall–Kier alpha value is -1.48. The number of sulfonamides is 1. The summed E-state index contributed by atoms with van der Waals surface area (Å²) in [7, 11) is -2.27. The summed E-state index contributed by atoms with van der Waals surface area (Å²) in [4.78, 5) is 12.2. The number of nitrogens with zero attached hydrogens (tertiary/aromatic N) is 1. The van der Waals surface area contributed by atoms with Crippen LogP contribution in [0.1, 0.15) is 18.4 Å². The summed E-state index contributed by atoms with van der Waals surface area (Å²) in [6, 6.07) is 6.38. The van der Waals surface area contributed by atoms with Gasteiger partial charge in [0.25, 0.3) is 0 Å². The van der Waals surface area contributed by atoms with Crippen LogP contribution in [0, 0.1) is 0 Å². The van der Waals surface area contributed by atoms with E-state index in [0.717, 1.165) is 23.7 Å². The Morgan fingerprint density at radius 1 is 1.43 bits per heavy atom. The molecule has 1 saturated heterocycles. The van der Waals surface area contributed by atoms with Crippen LogP contribution in [0.3, 0.4) is 0 Å². The maximum atomic E-state index is 12.5. The molecule has 0 aromatic heterocycles. The van der Waals surface area contributed by atoms with E-state index in [1.807, 2.05) is 0 Å². The van der Waals surface area contributed by atoms with Crippen molar-refractivity contribution in [3.05, 3.63) is 29.8 Å². The molecule has 0 aliphatic carbocycles. The highest BCUT2D eigenvalue weighted by molar-refractivity contribution is 7.89. The maximum Gasteiger partial charge on any atom is 0.243 e. The molecule has 1 heterocycles. The summed E-state index contributed by atoms with van der Waals surface area (Å²) in [5.41, 5.74) is 0.531. The molecule has 8 heteroatoms. The predicted molar refractivity (Wildman–Crippen MR) is 86.2 cm³/mol. The average molecular weight is 341 g/mol. The molecule has 2 rings (SSSR count). The molecule has 1 aromatic rings. The number of carbonyl (C=O) groups is 1. The Morgan fingerprint density at radius 2 is 2.17 bits per heavy atom. The Kier molecular flexibility index (Phi) is 6.11. The Balaban J connectivity index is 2.12. The molecule has 23 heavy (non-hydrogen) atoms. The number of nitrogens with one attached hydrogen (secondary N) is 2. The highest BCUT2D eigenvalue weighted by atomic mass is 32.2. The van der Waals surface area contributed by atoms with Crippen LogP contribution in [-0.2, 0) is 21.4 Å². The van der Waals surface area contributed by atoms with Crippen molar-refractivity contribution < 1.29 is 18.3 Å². The van der Waals surface area contributed by atoms with Crippen LogP contribution in [0.25, 0.3) is 0 Å². The zero-order valence-electron chi connectivity index (χ0n) is 13.2. The Morgan fingerprint density at radius 3 is 2.83 bits per heavy atom. The summed E-state index contributed by atoms with van der Waals surface area (Å²) >= 11 is 0. The number of amides is 1. The summed E-state index contributed by atoms with van der Waals surface area (Å²) in [6.45, 7) is 0.755. The third-order valence-corrected chi connectivity index (χ3v) is 5.86. The minimum Gasteiger partial charge on any atom is -0.395 e. The van der Waals surface area contributed by atoms with Crippen molar-refractivity contribution in [3.63, 3.8) is 0 Å². The first-order valence-electron chi connectivity index (χ1n) is 7.63. The van der Waals surface area contributed by atoms with Gasteiger partial charge in [0, 0.05) is 20.1 Å². The van der Waals surface area contributed by atoms with Crippen molar-refractivity contribution in [2.75, 3.05) is 26.7 Å².